The summed E-state index contributed by atoms with van der Waals surface area (Å²) < 4.78 is 61.3. The van der Waals surface area contributed by atoms with Gasteiger partial charge in [-0.1, -0.05) is 24.6 Å². The fourth-order valence-electron chi connectivity index (χ4n) is 4.62. The van der Waals surface area contributed by atoms with E-state index in [0.29, 0.717) is 56.6 Å². The van der Waals surface area contributed by atoms with E-state index in [9.17, 15) is 16.8 Å². The second-order valence-corrected chi connectivity index (χ2v) is 13.0. The quantitative estimate of drug-likeness (QED) is 0.598. The molecule has 2 heterocycles. The van der Waals surface area contributed by atoms with Crippen LogP contribution in [-0.4, -0.2) is 71.8 Å². The van der Waals surface area contributed by atoms with Gasteiger partial charge in [-0.2, -0.15) is 8.61 Å². The predicted molar refractivity (Wildman–Crippen MR) is 132 cm³/mol. The lowest BCUT2D eigenvalue weighted by Gasteiger charge is -2.36. The van der Waals surface area contributed by atoms with E-state index in [2.05, 4.69) is 6.92 Å². The van der Waals surface area contributed by atoms with Gasteiger partial charge in [0.25, 0.3) is 0 Å². The number of methoxy groups -OCH3 is 1. The first-order valence-electron chi connectivity index (χ1n) is 11.6. The molecule has 2 aromatic carbocycles. The zero-order chi connectivity index (χ0) is 24.5. The fourth-order valence-corrected chi connectivity index (χ4v) is 7.66. The standard InChI is InChI=1S/C24H33N3O5S2/c1-19-6-8-21(9-7-19)33(28,29)26-15-13-25(14-16-26)23-17-22(10-11-24(23)32-3)34(30,31)27-12-4-5-20(2)18-27/h6-11,17,20H,4-5,12-16,18H2,1-3H3/t20-/m1/s1. The van der Waals surface area contributed by atoms with Crippen molar-refractivity contribution in [2.75, 3.05) is 51.3 Å². The summed E-state index contributed by atoms with van der Waals surface area (Å²) in [5, 5.41) is 0. The Labute approximate surface area is 203 Å². The van der Waals surface area contributed by atoms with Crippen molar-refractivity contribution in [3.05, 3.63) is 48.0 Å². The van der Waals surface area contributed by atoms with E-state index in [1.807, 2.05) is 11.8 Å². The van der Waals surface area contributed by atoms with Crippen LogP contribution in [0.5, 0.6) is 5.75 Å². The maximum absolute atomic E-state index is 13.3. The van der Waals surface area contributed by atoms with Gasteiger partial charge in [-0.3, -0.25) is 0 Å². The predicted octanol–water partition coefficient (Wildman–Crippen LogP) is 2.94. The number of ether oxygens (including phenoxy) is 1. The molecule has 4 rings (SSSR count). The molecule has 2 aliphatic rings. The van der Waals surface area contributed by atoms with Gasteiger partial charge >= 0.3 is 0 Å². The highest BCUT2D eigenvalue weighted by Gasteiger charge is 2.32. The van der Waals surface area contributed by atoms with Crippen LogP contribution in [0.4, 0.5) is 5.69 Å². The van der Waals surface area contributed by atoms with Crippen LogP contribution in [0.25, 0.3) is 0 Å². The van der Waals surface area contributed by atoms with Crippen LogP contribution in [0.15, 0.2) is 52.3 Å². The Morgan fingerprint density at radius 3 is 2.06 bits per heavy atom. The average molecular weight is 508 g/mol. The molecule has 0 spiro atoms. The number of hydrogen-bond acceptors (Lipinski definition) is 6. The molecule has 2 aliphatic heterocycles. The van der Waals surface area contributed by atoms with Crippen molar-refractivity contribution < 1.29 is 21.6 Å². The molecule has 0 radical (unpaired) electrons. The Morgan fingerprint density at radius 1 is 0.824 bits per heavy atom. The van der Waals surface area contributed by atoms with E-state index in [1.54, 1.807) is 53.9 Å². The lowest BCUT2D eigenvalue weighted by molar-refractivity contribution is 0.281. The Balaban J connectivity index is 1.54. The number of rotatable bonds is 6. The molecule has 0 saturated carbocycles. The zero-order valence-corrected chi connectivity index (χ0v) is 21.6. The van der Waals surface area contributed by atoms with Gasteiger partial charge in [0.1, 0.15) is 5.75 Å². The lowest BCUT2D eigenvalue weighted by Crippen LogP contribution is -2.48. The Morgan fingerprint density at radius 2 is 1.44 bits per heavy atom. The summed E-state index contributed by atoms with van der Waals surface area (Å²) in [5.41, 5.74) is 1.67. The van der Waals surface area contributed by atoms with Crippen LogP contribution in [0.1, 0.15) is 25.3 Å². The highest BCUT2D eigenvalue weighted by atomic mass is 32.2. The van der Waals surface area contributed by atoms with Crippen LogP contribution >= 0.6 is 0 Å². The van der Waals surface area contributed by atoms with Gasteiger partial charge in [-0.25, -0.2) is 16.8 Å². The molecule has 0 unspecified atom stereocenters. The fraction of sp³-hybridized carbons (Fsp3) is 0.500. The van der Waals surface area contributed by atoms with Crippen LogP contribution in [0.3, 0.4) is 0 Å². The van der Waals surface area contributed by atoms with E-state index in [0.717, 1.165) is 18.4 Å². The second kappa shape index (κ2) is 9.85. The molecule has 186 valence electrons. The highest BCUT2D eigenvalue weighted by molar-refractivity contribution is 7.89. The van der Waals surface area contributed by atoms with Gasteiger partial charge in [-0.15, -0.1) is 0 Å². The van der Waals surface area contributed by atoms with Crippen molar-refractivity contribution in [1.82, 2.24) is 8.61 Å². The molecule has 2 aromatic rings. The molecule has 10 heteroatoms. The Bertz CT molecular complexity index is 1220. The molecule has 1 atom stereocenters. The van der Waals surface area contributed by atoms with Crippen LogP contribution in [0.2, 0.25) is 0 Å². The summed E-state index contributed by atoms with van der Waals surface area (Å²) in [6.45, 7) is 6.54. The summed E-state index contributed by atoms with van der Waals surface area (Å²) in [7, 11) is -5.64. The molecule has 2 fully saturated rings. The van der Waals surface area contributed by atoms with Crippen molar-refractivity contribution in [3.8, 4) is 5.75 Å². The molecule has 0 aliphatic carbocycles. The number of piperazine rings is 1. The van der Waals surface area contributed by atoms with E-state index < -0.39 is 20.0 Å². The maximum Gasteiger partial charge on any atom is 0.243 e. The molecule has 0 amide bonds. The van der Waals surface area contributed by atoms with Gasteiger partial charge in [-0.05, 0) is 56.0 Å². The normalized spacial score (nSPS) is 20.9. The van der Waals surface area contributed by atoms with E-state index in [1.165, 1.54) is 4.31 Å². The first-order valence-corrected chi connectivity index (χ1v) is 14.5. The lowest BCUT2D eigenvalue weighted by atomic mass is 10.0. The minimum Gasteiger partial charge on any atom is -0.495 e. The number of benzene rings is 2. The Kier molecular flexibility index (Phi) is 7.23. The van der Waals surface area contributed by atoms with Crippen molar-refractivity contribution in [2.24, 2.45) is 5.92 Å². The number of hydrogen-bond donors (Lipinski definition) is 0. The summed E-state index contributed by atoms with van der Waals surface area (Å²) in [6, 6.07) is 11.8. The highest BCUT2D eigenvalue weighted by Crippen LogP contribution is 2.34. The first-order chi connectivity index (χ1) is 16.1. The van der Waals surface area contributed by atoms with Crippen molar-refractivity contribution in [1.29, 1.82) is 0 Å². The molecule has 0 aromatic heterocycles. The molecule has 8 nitrogen and oxygen atoms in total. The minimum absolute atomic E-state index is 0.243. The molecular formula is C24H33N3O5S2. The molecule has 34 heavy (non-hydrogen) atoms. The Hall–Kier alpha value is -2.14. The number of piperidine rings is 1. The summed E-state index contributed by atoms with van der Waals surface area (Å²) >= 11 is 0. The third kappa shape index (κ3) is 4.95. The molecule has 2 saturated heterocycles. The van der Waals surface area contributed by atoms with E-state index in [-0.39, 0.29) is 9.79 Å². The smallest absolute Gasteiger partial charge is 0.243 e. The number of nitrogens with zero attached hydrogens (tertiary/aromatic N) is 3. The average Bonchev–Trinajstić information content (AvgIpc) is 2.84. The van der Waals surface area contributed by atoms with Crippen molar-refractivity contribution in [2.45, 2.75) is 36.5 Å². The van der Waals surface area contributed by atoms with Gasteiger partial charge in [0.05, 0.1) is 22.6 Å². The number of sulfonamides is 2. The molecular weight excluding hydrogens is 474 g/mol. The van der Waals surface area contributed by atoms with E-state index in [4.69, 9.17) is 4.74 Å². The second-order valence-electron chi connectivity index (χ2n) is 9.15. The van der Waals surface area contributed by atoms with Crippen LogP contribution in [-0.2, 0) is 20.0 Å². The third-order valence-corrected chi connectivity index (χ3v) is 10.4. The van der Waals surface area contributed by atoms with Crippen LogP contribution < -0.4 is 9.64 Å². The van der Waals surface area contributed by atoms with Gasteiger partial charge in [0.2, 0.25) is 20.0 Å². The zero-order valence-electron chi connectivity index (χ0n) is 20.0. The summed E-state index contributed by atoms with van der Waals surface area (Å²) in [5.74, 6) is 0.908. The van der Waals surface area contributed by atoms with Crippen LogP contribution in [0, 0.1) is 12.8 Å². The first kappa shape index (κ1) is 25.0. The topological polar surface area (TPSA) is 87.2 Å². The monoisotopic (exact) mass is 507 g/mol. The SMILES string of the molecule is COc1ccc(S(=O)(=O)N2CCC[C@@H](C)C2)cc1N1CCN(S(=O)(=O)c2ccc(C)cc2)CC1. The molecule has 0 N–H and O–H groups in total. The van der Waals surface area contributed by atoms with Gasteiger partial charge in [0, 0.05) is 39.3 Å². The minimum atomic E-state index is -3.61. The summed E-state index contributed by atoms with van der Waals surface area (Å²) in [6.07, 6.45) is 1.90. The maximum atomic E-state index is 13.3. The van der Waals surface area contributed by atoms with Gasteiger partial charge in [0.15, 0.2) is 0 Å². The third-order valence-electron chi connectivity index (χ3n) is 6.65. The number of aryl methyl sites for hydroxylation is 1. The van der Waals surface area contributed by atoms with E-state index >= 15 is 0 Å². The van der Waals surface area contributed by atoms with Gasteiger partial charge < -0.3 is 9.64 Å². The van der Waals surface area contributed by atoms with Crippen molar-refractivity contribution in [3.63, 3.8) is 0 Å². The summed E-state index contributed by atoms with van der Waals surface area (Å²) in [4.78, 5) is 2.53. The van der Waals surface area contributed by atoms with Crippen molar-refractivity contribution >= 4 is 25.7 Å². The largest absolute Gasteiger partial charge is 0.495 e. The number of anilines is 1. The molecule has 0 bridgehead atoms.